The van der Waals surface area contributed by atoms with Crippen molar-refractivity contribution in [3.05, 3.63) is 92.6 Å². The molecule has 2 aliphatic heterocycles. The molecule has 3 amide bonds. The standard InChI is InChI=1S/C29H29N3O3S/c1-18-9-10-25(19(2)13-18)32-20(3)14-24(21(32)4)15-26-28(34)31(29(35)36-26)17-27(33)30-12-11-22-7-5-6-8-23(22)16-30/h5-10,13-15H,11-12,16-17H2,1-4H3/b26-15-. The van der Waals surface area contributed by atoms with Crippen molar-refractivity contribution in [1.82, 2.24) is 14.4 Å². The van der Waals surface area contributed by atoms with Gasteiger partial charge in [-0.15, -0.1) is 0 Å². The van der Waals surface area contributed by atoms with Gasteiger partial charge in [0.2, 0.25) is 5.91 Å². The smallest absolute Gasteiger partial charge is 0.294 e. The molecule has 2 aliphatic rings. The quantitative estimate of drug-likeness (QED) is 0.455. The molecule has 3 heterocycles. The number of thioether (sulfide) groups is 1. The van der Waals surface area contributed by atoms with Gasteiger partial charge in [-0.25, -0.2) is 0 Å². The van der Waals surface area contributed by atoms with Crippen LogP contribution >= 0.6 is 11.8 Å². The van der Waals surface area contributed by atoms with Crippen molar-refractivity contribution >= 4 is 34.9 Å². The van der Waals surface area contributed by atoms with Crippen LogP contribution in [0.1, 0.15) is 39.2 Å². The Morgan fingerprint density at radius 1 is 1.00 bits per heavy atom. The van der Waals surface area contributed by atoms with E-state index >= 15 is 0 Å². The van der Waals surface area contributed by atoms with Crippen LogP contribution in [0.3, 0.4) is 0 Å². The zero-order valence-electron chi connectivity index (χ0n) is 21.0. The first-order chi connectivity index (χ1) is 17.2. The number of carbonyl (C=O) groups is 3. The maximum Gasteiger partial charge on any atom is 0.294 e. The first kappa shape index (κ1) is 24.1. The minimum absolute atomic E-state index is 0.207. The lowest BCUT2D eigenvalue weighted by atomic mass is 10.00. The lowest BCUT2D eigenvalue weighted by Gasteiger charge is -2.29. The number of benzene rings is 2. The predicted octanol–water partition coefficient (Wildman–Crippen LogP) is 5.33. The van der Waals surface area contributed by atoms with Crippen molar-refractivity contribution < 1.29 is 14.4 Å². The molecule has 36 heavy (non-hydrogen) atoms. The van der Waals surface area contributed by atoms with Crippen LogP contribution in [0.15, 0.2) is 53.4 Å². The molecule has 1 fully saturated rings. The van der Waals surface area contributed by atoms with Gasteiger partial charge in [-0.2, -0.15) is 0 Å². The van der Waals surface area contributed by atoms with E-state index in [0.717, 1.165) is 51.3 Å². The number of aryl methyl sites for hydroxylation is 3. The van der Waals surface area contributed by atoms with Gasteiger partial charge in [-0.05, 0) is 86.3 Å². The van der Waals surface area contributed by atoms with E-state index in [1.165, 1.54) is 16.7 Å². The molecule has 0 N–H and O–H groups in total. The first-order valence-electron chi connectivity index (χ1n) is 12.1. The van der Waals surface area contributed by atoms with Crippen molar-refractivity contribution in [3.8, 4) is 5.69 Å². The number of fused-ring (bicyclic) bond motifs is 1. The van der Waals surface area contributed by atoms with Crippen LogP contribution in [-0.2, 0) is 22.6 Å². The molecule has 7 heteroatoms. The van der Waals surface area contributed by atoms with Crippen LogP contribution in [-0.4, -0.2) is 44.5 Å². The number of aromatic nitrogens is 1. The van der Waals surface area contributed by atoms with Crippen LogP contribution in [0.2, 0.25) is 0 Å². The molecule has 0 unspecified atom stereocenters. The van der Waals surface area contributed by atoms with Gasteiger partial charge in [-0.3, -0.25) is 19.3 Å². The molecular formula is C29H29N3O3S. The summed E-state index contributed by atoms with van der Waals surface area (Å²) in [5.41, 5.74) is 8.76. The Morgan fingerprint density at radius 2 is 1.75 bits per heavy atom. The molecule has 1 saturated heterocycles. The van der Waals surface area contributed by atoms with Gasteiger partial charge >= 0.3 is 0 Å². The molecule has 184 valence electrons. The third-order valence-corrected chi connectivity index (χ3v) is 7.91. The van der Waals surface area contributed by atoms with E-state index in [4.69, 9.17) is 0 Å². The van der Waals surface area contributed by atoms with Gasteiger partial charge in [0.15, 0.2) is 0 Å². The molecule has 5 rings (SSSR count). The molecule has 2 aromatic carbocycles. The second kappa shape index (κ2) is 9.47. The zero-order valence-corrected chi connectivity index (χ0v) is 21.8. The van der Waals surface area contributed by atoms with Gasteiger partial charge in [0, 0.05) is 30.2 Å². The Hall–Kier alpha value is -3.58. The third kappa shape index (κ3) is 4.39. The van der Waals surface area contributed by atoms with Crippen LogP contribution in [0.25, 0.3) is 11.8 Å². The van der Waals surface area contributed by atoms with Crippen molar-refractivity contribution in [3.63, 3.8) is 0 Å². The third-order valence-electron chi connectivity index (χ3n) is 7.00. The average Bonchev–Trinajstić information content (AvgIpc) is 3.28. The van der Waals surface area contributed by atoms with E-state index in [-0.39, 0.29) is 12.5 Å². The summed E-state index contributed by atoms with van der Waals surface area (Å²) in [6.07, 6.45) is 2.55. The number of hydrogen-bond donors (Lipinski definition) is 0. The zero-order chi connectivity index (χ0) is 25.6. The Bertz CT molecular complexity index is 1440. The second-order valence-corrected chi connectivity index (χ2v) is 10.5. The molecule has 0 radical (unpaired) electrons. The van der Waals surface area contributed by atoms with Gasteiger partial charge in [0.1, 0.15) is 6.54 Å². The Labute approximate surface area is 215 Å². The van der Waals surface area contributed by atoms with Crippen LogP contribution in [0.5, 0.6) is 0 Å². The fraction of sp³-hybridized carbons (Fsp3) is 0.276. The topological polar surface area (TPSA) is 62.6 Å². The summed E-state index contributed by atoms with van der Waals surface area (Å²) in [5, 5.41) is -0.403. The monoisotopic (exact) mass is 499 g/mol. The number of imide groups is 1. The van der Waals surface area contributed by atoms with Crippen LogP contribution < -0.4 is 0 Å². The Morgan fingerprint density at radius 3 is 2.50 bits per heavy atom. The highest BCUT2D eigenvalue weighted by Gasteiger charge is 2.37. The minimum Gasteiger partial charge on any atom is -0.336 e. The first-order valence-corrected chi connectivity index (χ1v) is 12.9. The summed E-state index contributed by atoms with van der Waals surface area (Å²) in [5.74, 6) is -0.617. The summed E-state index contributed by atoms with van der Waals surface area (Å²) in [6, 6.07) is 16.4. The van der Waals surface area contributed by atoms with Crippen LogP contribution in [0.4, 0.5) is 4.79 Å². The fourth-order valence-corrected chi connectivity index (χ4v) is 5.91. The van der Waals surface area contributed by atoms with E-state index in [1.54, 1.807) is 11.0 Å². The molecule has 3 aromatic rings. The lowest BCUT2D eigenvalue weighted by molar-refractivity contribution is -0.136. The van der Waals surface area contributed by atoms with Gasteiger partial charge in [0.25, 0.3) is 11.1 Å². The SMILES string of the molecule is Cc1ccc(-n2c(C)cc(/C=C3\SC(=O)N(CC(=O)N4CCc5ccccc5C4)C3=O)c2C)c(C)c1. The summed E-state index contributed by atoms with van der Waals surface area (Å²) in [6.45, 7) is 9.07. The Kier molecular flexibility index (Phi) is 6.35. The van der Waals surface area contributed by atoms with E-state index in [1.807, 2.05) is 38.1 Å². The Balaban J connectivity index is 1.34. The molecule has 0 bridgehead atoms. The highest BCUT2D eigenvalue weighted by Crippen LogP contribution is 2.34. The normalized spacial score (nSPS) is 16.7. The second-order valence-electron chi connectivity index (χ2n) is 9.55. The molecule has 0 atom stereocenters. The van der Waals surface area contributed by atoms with Crippen molar-refractivity contribution in [2.24, 2.45) is 0 Å². The predicted molar refractivity (Wildman–Crippen MR) is 143 cm³/mol. The molecule has 0 saturated carbocycles. The van der Waals surface area contributed by atoms with Gasteiger partial charge < -0.3 is 9.47 Å². The molecule has 1 aromatic heterocycles. The van der Waals surface area contributed by atoms with E-state index in [0.29, 0.717) is 18.0 Å². The maximum absolute atomic E-state index is 13.1. The highest BCUT2D eigenvalue weighted by molar-refractivity contribution is 8.18. The summed E-state index contributed by atoms with van der Waals surface area (Å²) in [7, 11) is 0. The van der Waals surface area contributed by atoms with E-state index in [9.17, 15) is 14.4 Å². The van der Waals surface area contributed by atoms with E-state index < -0.39 is 11.1 Å². The van der Waals surface area contributed by atoms with Crippen molar-refractivity contribution in [2.45, 2.75) is 40.7 Å². The van der Waals surface area contributed by atoms with Gasteiger partial charge in [0.05, 0.1) is 4.91 Å². The molecular weight excluding hydrogens is 470 g/mol. The maximum atomic E-state index is 13.1. The molecule has 0 spiro atoms. The number of amides is 3. The summed E-state index contributed by atoms with van der Waals surface area (Å²) >= 11 is 0.897. The number of rotatable bonds is 4. The molecule has 0 aliphatic carbocycles. The largest absolute Gasteiger partial charge is 0.336 e. The summed E-state index contributed by atoms with van der Waals surface area (Å²) < 4.78 is 2.17. The number of hydrogen-bond acceptors (Lipinski definition) is 4. The fourth-order valence-electron chi connectivity index (χ4n) is 5.08. The molecule has 6 nitrogen and oxygen atoms in total. The van der Waals surface area contributed by atoms with Crippen molar-refractivity contribution in [1.29, 1.82) is 0 Å². The number of nitrogens with zero attached hydrogens (tertiary/aromatic N) is 3. The lowest BCUT2D eigenvalue weighted by Crippen LogP contribution is -2.44. The van der Waals surface area contributed by atoms with Crippen molar-refractivity contribution in [2.75, 3.05) is 13.1 Å². The average molecular weight is 500 g/mol. The van der Waals surface area contributed by atoms with Crippen LogP contribution in [0, 0.1) is 27.7 Å². The summed E-state index contributed by atoms with van der Waals surface area (Å²) in [4.78, 5) is 42.0. The number of carbonyl (C=O) groups excluding carboxylic acids is 3. The van der Waals surface area contributed by atoms with E-state index in [2.05, 4.69) is 42.7 Å². The van der Waals surface area contributed by atoms with Gasteiger partial charge in [-0.1, -0.05) is 42.0 Å². The minimum atomic E-state index is -0.410. The highest BCUT2D eigenvalue weighted by atomic mass is 32.2.